The molecule has 1 amide bonds. The highest BCUT2D eigenvalue weighted by Gasteiger charge is 2.35. The number of hydrogen-bond donors (Lipinski definition) is 1. The molecule has 46 heavy (non-hydrogen) atoms. The number of hydrogen-bond acceptors (Lipinski definition) is 12. The number of rotatable bonds is 13. The Bertz CT molecular complexity index is 1580. The molecule has 0 radical (unpaired) electrons. The maximum absolute atomic E-state index is 13.5. The molecule has 252 valence electrons. The predicted molar refractivity (Wildman–Crippen MR) is 156 cm³/mol. The lowest BCUT2D eigenvalue weighted by Crippen LogP contribution is -2.43. The number of likely N-dealkylation sites (N-methyl/N-ethyl adjacent to an activating group) is 1. The molecule has 0 saturated carbocycles. The van der Waals surface area contributed by atoms with Crippen molar-refractivity contribution in [2.45, 2.75) is 58.1 Å². The number of hydrazine groups is 1. The van der Waals surface area contributed by atoms with Crippen molar-refractivity contribution in [1.82, 2.24) is 24.8 Å². The molecule has 1 unspecified atom stereocenters. The number of carbonyl (C=O) groups excluding carboxylic acids is 2. The van der Waals surface area contributed by atoms with Crippen LogP contribution < -0.4 is 4.72 Å². The molecular weight excluding hydrogens is 639 g/mol. The van der Waals surface area contributed by atoms with Gasteiger partial charge in [-0.25, -0.2) is 32.4 Å². The molecule has 18 heteroatoms. The van der Waals surface area contributed by atoms with E-state index < -0.39 is 53.1 Å². The second kappa shape index (κ2) is 15.4. The first kappa shape index (κ1) is 36.2. The average Bonchev–Trinajstić information content (AvgIpc) is 3.41. The first-order valence-corrected chi connectivity index (χ1v) is 15.3. The van der Waals surface area contributed by atoms with Gasteiger partial charge in [0.25, 0.3) is 10.0 Å². The van der Waals surface area contributed by atoms with Gasteiger partial charge in [-0.3, -0.25) is 4.84 Å². The molecule has 0 bridgehead atoms. The fourth-order valence-electron chi connectivity index (χ4n) is 3.78. The minimum absolute atomic E-state index is 0.0222. The van der Waals surface area contributed by atoms with E-state index >= 15 is 0 Å². The molecule has 0 fully saturated rings. The Hall–Kier alpha value is -4.23. The number of sulfonamides is 1. The number of benzene rings is 2. The van der Waals surface area contributed by atoms with E-state index in [1.54, 1.807) is 49.8 Å². The van der Waals surface area contributed by atoms with E-state index in [1.165, 1.54) is 19.1 Å². The van der Waals surface area contributed by atoms with E-state index in [0.717, 1.165) is 33.5 Å². The zero-order valence-electron chi connectivity index (χ0n) is 25.5. The van der Waals surface area contributed by atoms with Gasteiger partial charge >= 0.3 is 18.4 Å². The first-order valence-electron chi connectivity index (χ1n) is 13.8. The van der Waals surface area contributed by atoms with Gasteiger partial charge < -0.3 is 19.4 Å². The second-order valence-electron chi connectivity index (χ2n) is 9.92. The summed E-state index contributed by atoms with van der Waals surface area (Å²) in [5, 5.41) is 17.0. The van der Waals surface area contributed by atoms with Crippen molar-refractivity contribution < 1.29 is 50.2 Å². The number of halogens is 3. The van der Waals surface area contributed by atoms with Gasteiger partial charge in [-0.15, -0.1) is 0 Å². The van der Waals surface area contributed by atoms with Gasteiger partial charge in [0.2, 0.25) is 6.29 Å². The summed E-state index contributed by atoms with van der Waals surface area (Å²) < 4.78 is 83.2. The second-order valence-corrected chi connectivity index (χ2v) is 11.6. The molecule has 1 N–H and O–H groups in total. The van der Waals surface area contributed by atoms with Crippen LogP contribution >= 0.6 is 0 Å². The summed E-state index contributed by atoms with van der Waals surface area (Å²) in [7, 11) is -4.46. The Kier molecular flexibility index (Phi) is 12.1. The molecule has 3 rings (SSSR count). The summed E-state index contributed by atoms with van der Waals surface area (Å²) in [6, 6.07) is 12.3. The third kappa shape index (κ3) is 10.1. The zero-order valence-corrected chi connectivity index (χ0v) is 26.3. The van der Waals surface area contributed by atoms with Crippen LogP contribution in [0.15, 0.2) is 59.5 Å². The quantitative estimate of drug-likeness (QED) is 0.144. The summed E-state index contributed by atoms with van der Waals surface area (Å²) in [4.78, 5) is 28.3. The normalized spacial score (nSPS) is 12.8. The zero-order chi connectivity index (χ0) is 34.2. The Morgan fingerprint density at radius 3 is 2.24 bits per heavy atom. The lowest BCUT2D eigenvalue weighted by molar-refractivity contribution is -0.317. The van der Waals surface area contributed by atoms with Crippen LogP contribution in [-0.4, -0.2) is 72.9 Å². The van der Waals surface area contributed by atoms with Crippen molar-refractivity contribution in [2.24, 2.45) is 0 Å². The van der Waals surface area contributed by atoms with Crippen LogP contribution in [0, 0.1) is 12.1 Å². The molecule has 0 aliphatic carbocycles. The predicted octanol–water partition coefficient (Wildman–Crippen LogP) is 5.16. The highest BCUT2D eigenvalue weighted by Crippen LogP contribution is 2.33. The van der Waals surface area contributed by atoms with Gasteiger partial charge in [-0.1, -0.05) is 36.8 Å². The van der Waals surface area contributed by atoms with E-state index in [2.05, 4.69) is 5.10 Å². The number of nitrogens with zero attached hydrogens (tertiary/aromatic N) is 4. The van der Waals surface area contributed by atoms with E-state index in [9.17, 15) is 36.4 Å². The molecular formula is C28H33F3N5O9S-. The van der Waals surface area contributed by atoms with Crippen molar-refractivity contribution in [2.75, 3.05) is 19.7 Å². The number of aromatic nitrogens is 2. The van der Waals surface area contributed by atoms with Gasteiger partial charge in [0.05, 0.1) is 22.4 Å². The van der Waals surface area contributed by atoms with Gasteiger partial charge in [0, 0.05) is 25.6 Å². The van der Waals surface area contributed by atoms with E-state index in [1.807, 2.05) is 6.92 Å². The average molecular weight is 673 g/mol. The highest BCUT2D eigenvalue weighted by atomic mass is 32.2. The molecule has 1 heterocycles. The number of nitrogens with one attached hydrogen (secondary N) is 1. The molecule has 1 atom stereocenters. The fraction of sp³-hybridized carbons (Fsp3) is 0.393. The van der Waals surface area contributed by atoms with Crippen LogP contribution in [-0.2, 0) is 35.2 Å². The third-order valence-corrected chi connectivity index (χ3v) is 7.30. The van der Waals surface area contributed by atoms with Crippen molar-refractivity contribution in [3.05, 3.63) is 71.1 Å². The van der Waals surface area contributed by atoms with Gasteiger partial charge in [-0.05, 0) is 51.1 Å². The van der Waals surface area contributed by atoms with Crippen LogP contribution in [0.25, 0.3) is 16.9 Å². The van der Waals surface area contributed by atoms with Gasteiger partial charge in [0.15, 0.2) is 5.69 Å². The van der Waals surface area contributed by atoms with Crippen LogP contribution in [0.5, 0.6) is 0 Å². The Morgan fingerprint density at radius 1 is 1.04 bits per heavy atom. The molecule has 0 saturated heterocycles. The minimum atomic E-state index is -4.72. The maximum atomic E-state index is 13.5. The van der Waals surface area contributed by atoms with E-state index in [-0.39, 0.29) is 34.7 Å². The number of amides is 1. The molecule has 0 spiro atoms. The smallest absolute Gasteiger partial charge is 0.510 e. The summed E-state index contributed by atoms with van der Waals surface area (Å²) >= 11 is 0. The van der Waals surface area contributed by atoms with Crippen LogP contribution in [0.2, 0.25) is 0 Å². The Labute approximate surface area is 263 Å². The number of aryl methyl sites for hydroxylation is 1. The Morgan fingerprint density at radius 2 is 1.67 bits per heavy atom. The van der Waals surface area contributed by atoms with Gasteiger partial charge in [0.1, 0.15) is 6.61 Å². The van der Waals surface area contributed by atoms with Crippen molar-refractivity contribution >= 4 is 22.3 Å². The molecule has 0 aliphatic rings. The molecule has 1 aromatic heterocycles. The SMILES string of the molecule is CCN(CCOC(=O)NS(=O)(=O)c1ccc(-n2nc(C(F)(F)F)cc2-c2ccc(C)cc2)cc1)N([O-])OC(C)OC(=O)OC(C)C. The summed E-state index contributed by atoms with van der Waals surface area (Å²) in [6.45, 7) is 7.31. The van der Waals surface area contributed by atoms with Crippen LogP contribution in [0.3, 0.4) is 0 Å². The summed E-state index contributed by atoms with van der Waals surface area (Å²) in [5.41, 5.74) is 0.485. The number of alkyl halides is 3. The topological polar surface area (TPSA) is 165 Å². The molecule has 0 aliphatic heterocycles. The monoisotopic (exact) mass is 672 g/mol. The minimum Gasteiger partial charge on any atom is -0.748 e. The highest BCUT2D eigenvalue weighted by molar-refractivity contribution is 7.90. The fourth-order valence-corrected chi connectivity index (χ4v) is 4.67. The lowest BCUT2D eigenvalue weighted by Gasteiger charge is -2.38. The van der Waals surface area contributed by atoms with E-state index in [0.29, 0.717) is 5.56 Å². The van der Waals surface area contributed by atoms with E-state index in [4.69, 9.17) is 19.0 Å². The standard InChI is InChI=1S/C28H33F3N5O9S/c1-6-34(36(39)45-20(5)44-27(38)43-18(2)3)15-16-42-26(37)33-46(40,41)23-13-11-22(12-14-23)35-24(17-25(32-35)28(29,30)31)21-9-7-19(4)8-10-21/h7-14,17-18,20H,6,15-16H2,1-5H3,(H,33,37)/q-1. The largest absolute Gasteiger partial charge is 0.748 e. The van der Waals surface area contributed by atoms with Crippen molar-refractivity contribution in [1.29, 1.82) is 0 Å². The van der Waals surface area contributed by atoms with Crippen molar-refractivity contribution in [3.63, 3.8) is 0 Å². The van der Waals surface area contributed by atoms with Crippen molar-refractivity contribution in [3.8, 4) is 16.9 Å². The summed E-state index contributed by atoms with van der Waals surface area (Å²) in [6.07, 6.45) is -8.88. The molecule has 14 nitrogen and oxygen atoms in total. The van der Waals surface area contributed by atoms with Gasteiger partial charge in [-0.2, -0.15) is 23.6 Å². The third-order valence-electron chi connectivity index (χ3n) is 5.97. The molecule has 3 aromatic rings. The number of carbonyl (C=O) groups is 2. The number of ether oxygens (including phenoxy) is 3. The Balaban J connectivity index is 1.61. The van der Waals surface area contributed by atoms with Crippen LogP contribution in [0.1, 0.15) is 39.0 Å². The summed E-state index contributed by atoms with van der Waals surface area (Å²) in [5.74, 6) is 0. The van der Waals surface area contributed by atoms with Crippen LogP contribution in [0.4, 0.5) is 22.8 Å². The molecule has 2 aromatic carbocycles. The maximum Gasteiger partial charge on any atom is 0.510 e. The first-order chi connectivity index (χ1) is 21.5. The lowest BCUT2D eigenvalue weighted by atomic mass is 10.1.